The molecule has 0 aliphatic carbocycles. The van der Waals surface area contributed by atoms with Gasteiger partial charge >= 0.3 is 11.3 Å². The van der Waals surface area contributed by atoms with Crippen LogP contribution in [0.3, 0.4) is 0 Å². The Hall–Kier alpha value is -5.21. The number of fused-ring (bicyclic) bond motifs is 2. The lowest BCUT2D eigenvalue weighted by molar-refractivity contribution is 0.292. The second-order valence-corrected chi connectivity index (χ2v) is 11.8. The van der Waals surface area contributed by atoms with Gasteiger partial charge < -0.3 is 28.5 Å². The van der Waals surface area contributed by atoms with E-state index in [0.29, 0.717) is 27.6 Å². The molecule has 0 fully saturated rings. The summed E-state index contributed by atoms with van der Waals surface area (Å²) < 4.78 is 23.2. The first-order chi connectivity index (χ1) is 22.1. The topological polar surface area (TPSA) is 119 Å². The summed E-state index contributed by atoms with van der Waals surface area (Å²) in [6.45, 7) is 6.04. The average Bonchev–Trinajstić information content (AvgIpc) is 3.04. The normalized spacial score (nSPS) is 11.5. The summed E-state index contributed by atoms with van der Waals surface area (Å²) in [4.78, 5) is 27.2. The van der Waals surface area contributed by atoms with Gasteiger partial charge in [-0.2, -0.15) is 0 Å². The zero-order chi connectivity index (χ0) is 32.7. The van der Waals surface area contributed by atoms with Gasteiger partial charge in [-0.1, -0.05) is 55.8 Å². The Morgan fingerprint density at radius 3 is 1.89 bits per heavy atom. The molecule has 0 amide bonds. The van der Waals surface area contributed by atoms with Crippen LogP contribution >= 0.6 is 11.6 Å². The number of ether oxygens (including phenoxy) is 2. The van der Waals surface area contributed by atoms with Crippen molar-refractivity contribution in [3.8, 4) is 23.0 Å². The predicted octanol–water partition coefficient (Wildman–Crippen LogP) is 8.16. The molecule has 0 spiro atoms. The highest BCUT2D eigenvalue weighted by atomic mass is 35.5. The number of rotatable bonds is 8. The molecule has 234 valence electrons. The molecule has 2 aromatic heterocycles. The van der Waals surface area contributed by atoms with E-state index < -0.39 is 17.2 Å². The minimum atomic E-state index is -1.30. The molecule has 0 bridgehead atoms. The van der Waals surface area contributed by atoms with E-state index >= 15 is 0 Å². The number of hydrogen-bond donors (Lipinski definition) is 2. The van der Waals surface area contributed by atoms with Crippen molar-refractivity contribution in [2.75, 3.05) is 7.11 Å². The van der Waals surface area contributed by atoms with Crippen LogP contribution in [0.4, 0.5) is 0 Å². The second kappa shape index (κ2) is 12.3. The molecule has 0 aliphatic rings. The van der Waals surface area contributed by atoms with E-state index in [1.54, 1.807) is 66.7 Å². The first-order valence-electron chi connectivity index (χ1n) is 14.7. The van der Waals surface area contributed by atoms with E-state index in [1.807, 2.05) is 32.9 Å². The fourth-order valence-electron chi connectivity index (χ4n) is 5.78. The maximum Gasteiger partial charge on any atom is 0.344 e. The van der Waals surface area contributed by atoms with Crippen LogP contribution in [-0.2, 0) is 6.61 Å². The van der Waals surface area contributed by atoms with Crippen molar-refractivity contribution in [3.63, 3.8) is 0 Å². The van der Waals surface area contributed by atoms with Crippen LogP contribution < -0.4 is 20.7 Å². The zero-order valence-corrected chi connectivity index (χ0v) is 26.3. The van der Waals surface area contributed by atoms with Crippen LogP contribution in [0, 0.1) is 6.92 Å². The number of hydrogen-bond acceptors (Lipinski definition) is 8. The summed E-state index contributed by atoms with van der Waals surface area (Å²) in [5.41, 5.74) is 0.886. The van der Waals surface area contributed by atoms with Crippen molar-refractivity contribution in [3.05, 3.63) is 138 Å². The minimum Gasteiger partial charge on any atom is -0.507 e. The average molecular weight is 639 g/mol. The third kappa shape index (κ3) is 5.45. The van der Waals surface area contributed by atoms with Gasteiger partial charge in [0.2, 0.25) is 0 Å². The Morgan fingerprint density at radius 2 is 1.35 bits per heavy atom. The highest BCUT2D eigenvalue weighted by Crippen LogP contribution is 2.43. The molecule has 2 N–H and O–H groups in total. The Morgan fingerprint density at radius 1 is 0.783 bits per heavy atom. The van der Waals surface area contributed by atoms with Crippen molar-refractivity contribution >= 4 is 33.5 Å². The highest BCUT2D eigenvalue weighted by molar-refractivity contribution is 6.31. The van der Waals surface area contributed by atoms with Gasteiger partial charge in [0.1, 0.15) is 40.8 Å². The van der Waals surface area contributed by atoms with Crippen LogP contribution in [-0.4, -0.2) is 17.3 Å². The molecule has 8 nitrogen and oxygen atoms in total. The summed E-state index contributed by atoms with van der Waals surface area (Å²) in [6.07, 6.45) is 0. The Labute approximate surface area is 269 Å². The van der Waals surface area contributed by atoms with Gasteiger partial charge in [0.05, 0.1) is 34.9 Å². The van der Waals surface area contributed by atoms with Crippen LogP contribution in [0.15, 0.2) is 97.3 Å². The summed E-state index contributed by atoms with van der Waals surface area (Å²) in [7, 11) is 1.52. The molecule has 0 atom stereocenters. The standard InChI is InChI=1S/C37H31ClO8/c1-19(2)25-17-26(38)20(3)15-30(25)44-18-22-16-21(13-14-27(22)43-4)31(32-34(39)23-9-5-7-11-28(23)45-36(32)41)33-35(40)24-10-6-8-12-29(24)46-37(33)42/h5-17,19,31,39-40H,18H2,1-4H3. The van der Waals surface area contributed by atoms with Crippen LogP contribution in [0.1, 0.15) is 59.1 Å². The van der Waals surface area contributed by atoms with Crippen molar-refractivity contribution < 1.29 is 28.5 Å². The van der Waals surface area contributed by atoms with E-state index in [-0.39, 0.29) is 57.1 Å². The molecule has 0 radical (unpaired) electrons. The number of para-hydroxylation sites is 2. The van der Waals surface area contributed by atoms with E-state index in [4.69, 9.17) is 29.9 Å². The molecule has 2 heterocycles. The van der Waals surface area contributed by atoms with Crippen LogP contribution in [0.25, 0.3) is 21.9 Å². The van der Waals surface area contributed by atoms with E-state index in [2.05, 4.69) is 0 Å². The van der Waals surface area contributed by atoms with Crippen LogP contribution in [0.5, 0.6) is 23.0 Å². The Bertz CT molecular complexity index is 2130. The van der Waals surface area contributed by atoms with Gasteiger partial charge in [-0.25, -0.2) is 9.59 Å². The number of methoxy groups -OCH3 is 1. The van der Waals surface area contributed by atoms with Gasteiger partial charge in [0, 0.05) is 10.6 Å². The number of aromatic hydroxyl groups is 2. The first-order valence-corrected chi connectivity index (χ1v) is 15.1. The largest absolute Gasteiger partial charge is 0.507 e. The summed E-state index contributed by atoms with van der Waals surface area (Å²) in [5.74, 6) is -0.775. The summed E-state index contributed by atoms with van der Waals surface area (Å²) in [5, 5.41) is 24.2. The molecule has 0 saturated heterocycles. The van der Waals surface area contributed by atoms with Gasteiger partial charge in [-0.05, 0) is 78.1 Å². The van der Waals surface area contributed by atoms with Crippen LogP contribution in [0.2, 0.25) is 5.02 Å². The molecule has 6 aromatic rings. The molecular weight excluding hydrogens is 608 g/mol. The zero-order valence-electron chi connectivity index (χ0n) is 25.6. The molecule has 6 rings (SSSR count). The predicted molar refractivity (Wildman–Crippen MR) is 177 cm³/mol. The molecule has 0 saturated carbocycles. The first kappa shape index (κ1) is 30.8. The minimum absolute atomic E-state index is 0.0567. The molecule has 0 aliphatic heterocycles. The maximum atomic E-state index is 13.6. The van der Waals surface area contributed by atoms with Gasteiger partial charge in [-0.3, -0.25) is 0 Å². The molecule has 46 heavy (non-hydrogen) atoms. The van der Waals surface area contributed by atoms with Gasteiger partial charge in [-0.15, -0.1) is 0 Å². The molecular formula is C37H31ClO8. The number of benzene rings is 4. The molecule has 4 aromatic carbocycles. The SMILES string of the molecule is COc1ccc(C(c2c(O)c3ccccc3oc2=O)c2c(O)c3ccccc3oc2=O)cc1COc1cc(C)c(Cl)cc1C(C)C. The molecule has 0 unspecified atom stereocenters. The van der Waals surface area contributed by atoms with E-state index in [0.717, 1.165) is 11.1 Å². The third-order valence-corrected chi connectivity index (χ3v) is 8.56. The Kier molecular flexibility index (Phi) is 8.23. The number of halogens is 1. The van der Waals surface area contributed by atoms with Gasteiger partial charge in [0.25, 0.3) is 0 Å². The quantitative estimate of drug-likeness (QED) is 0.160. The van der Waals surface area contributed by atoms with Crippen molar-refractivity contribution in [2.24, 2.45) is 0 Å². The van der Waals surface area contributed by atoms with Crippen molar-refractivity contribution in [2.45, 2.75) is 39.2 Å². The fraction of sp³-hybridized carbons (Fsp3) is 0.189. The Balaban J connectivity index is 1.57. The lowest BCUT2D eigenvalue weighted by atomic mass is 9.84. The van der Waals surface area contributed by atoms with Crippen molar-refractivity contribution in [1.29, 1.82) is 0 Å². The maximum absolute atomic E-state index is 13.6. The van der Waals surface area contributed by atoms with E-state index in [1.165, 1.54) is 7.11 Å². The summed E-state index contributed by atoms with van der Waals surface area (Å²) in [6, 6.07) is 21.9. The third-order valence-electron chi connectivity index (χ3n) is 8.15. The lowest BCUT2D eigenvalue weighted by Crippen LogP contribution is -2.21. The fourth-order valence-corrected chi connectivity index (χ4v) is 5.95. The van der Waals surface area contributed by atoms with Gasteiger partial charge in [0.15, 0.2) is 0 Å². The highest BCUT2D eigenvalue weighted by Gasteiger charge is 2.33. The smallest absolute Gasteiger partial charge is 0.344 e. The monoisotopic (exact) mass is 638 g/mol. The van der Waals surface area contributed by atoms with E-state index in [9.17, 15) is 19.8 Å². The summed E-state index contributed by atoms with van der Waals surface area (Å²) >= 11 is 6.41. The number of aryl methyl sites for hydroxylation is 1. The van der Waals surface area contributed by atoms with Crippen molar-refractivity contribution in [1.82, 2.24) is 0 Å². The molecule has 9 heteroatoms. The second-order valence-electron chi connectivity index (χ2n) is 11.4. The lowest BCUT2D eigenvalue weighted by Gasteiger charge is -2.22.